The highest BCUT2D eigenvalue weighted by Gasteiger charge is 2.35. The van der Waals surface area contributed by atoms with Gasteiger partial charge in [0.15, 0.2) is 11.5 Å². The van der Waals surface area contributed by atoms with Gasteiger partial charge in [0.05, 0.1) is 23.0 Å². The van der Waals surface area contributed by atoms with Gasteiger partial charge in [0, 0.05) is 8.59 Å². The molecule has 0 unspecified atom stereocenters. The number of carbonyl (C=O) groups is 2. The topological polar surface area (TPSA) is 55.8 Å². The molecular formula is C25H18BrClINO4S. The van der Waals surface area contributed by atoms with Gasteiger partial charge < -0.3 is 9.47 Å². The lowest BCUT2D eigenvalue weighted by Gasteiger charge is -2.14. The Morgan fingerprint density at radius 3 is 2.41 bits per heavy atom. The van der Waals surface area contributed by atoms with Gasteiger partial charge in [0.2, 0.25) is 0 Å². The van der Waals surface area contributed by atoms with Gasteiger partial charge in [-0.3, -0.25) is 14.5 Å². The zero-order valence-electron chi connectivity index (χ0n) is 17.9. The average molecular weight is 671 g/mol. The Labute approximate surface area is 228 Å². The number of benzene rings is 3. The summed E-state index contributed by atoms with van der Waals surface area (Å²) in [4.78, 5) is 27.0. The third-order valence-electron chi connectivity index (χ3n) is 4.97. The molecule has 1 saturated heterocycles. The van der Waals surface area contributed by atoms with E-state index in [1.165, 1.54) is 4.90 Å². The molecule has 9 heteroatoms. The number of carbonyl (C=O) groups excluding carboxylic acids is 2. The van der Waals surface area contributed by atoms with Crippen molar-refractivity contribution in [3.63, 3.8) is 0 Å². The SMILES string of the molecule is COc1cc(/C=C2/SC(=O)N(Cc3ccc(Cl)cc3)C2=O)cc(Br)c1OCc1ccc(I)cc1. The van der Waals surface area contributed by atoms with E-state index in [0.717, 1.165) is 26.5 Å². The molecule has 0 bridgehead atoms. The van der Waals surface area contributed by atoms with E-state index in [0.29, 0.717) is 38.1 Å². The quantitative estimate of drug-likeness (QED) is 0.192. The predicted molar refractivity (Wildman–Crippen MR) is 147 cm³/mol. The Kier molecular flexibility index (Phi) is 8.23. The number of imide groups is 1. The Balaban J connectivity index is 1.52. The van der Waals surface area contributed by atoms with Crippen LogP contribution in [0.4, 0.5) is 4.79 Å². The minimum absolute atomic E-state index is 0.192. The van der Waals surface area contributed by atoms with Gasteiger partial charge in [-0.2, -0.15) is 0 Å². The molecule has 0 radical (unpaired) electrons. The molecule has 34 heavy (non-hydrogen) atoms. The van der Waals surface area contributed by atoms with Crippen molar-refractivity contribution in [2.75, 3.05) is 7.11 Å². The maximum absolute atomic E-state index is 12.9. The van der Waals surface area contributed by atoms with E-state index in [1.54, 1.807) is 43.5 Å². The molecular weight excluding hydrogens is 653 g/mol. The van der Waals surface area contributed by atoms with Crippen LogP contribution in [0.3, 0.4) is 0 Å². The van der Waals surface area contributed by atoms with Crippen LogP contribution in [0.25, 0.3) is 6.08 Å². The van der Waals surface area contributed by atoms with Gasteiger partial charge in [0.1, 0.15) is 6.61 Å². The monoisotopic (exact) mass is 669 g/mol. The summed E-state index contributed by atoms with van der Waals surface area (Å²) < 4.78 is 13.4. The molecule has 4 rings (SSSR count). The van der Waals surface area contributed by atoms with Crippen molar-refractivity contribution in [2.24, 2.45) is 0 Å². The molecule has 3 aromatic rings. The summed E-state index contributed by atoms with van der Waals surface area (Å²) in [6.45, 7) is 0.576. The van der Waals surface area contributed by atoms with Crippen LogP contribution in [0.1, 0.15) is 16.7 Å². The summed E-state index contributed by atoms with van der Waals surface area (Å²) >= 11 is 12.6. The normalized spacial score (nSPS) is 14.7. The van der Waals surface area contributed by atoms with E-state index in [4.69, 9.17) is 21.1 Å². The summed E-state index contributed by atoms with van der Waals surface area (Å²) in [5, 5.41) is 0.290. The van der Waals surface area contributed by atoms with E-state index in [1.807, 2.05) is 30.3 Å². The van der Waals surface area contributed by atoms with Gasteiger partial charge >= 0.3 is 0 Å². The first-order valence-electron chi connectivity index (χ1n) is 10.1. The number of ether oxygens (including phenoxy) is 2. The van der Waals surface area contributed by atoms with Gasteiger partial charge in [-0.1, -0.05) is 35.9 Å². The lowest BCUT2D eigenvalue weighted by molar-refractivity contribution is -0.123. The molecule has 0 atom stereocenters. The van der Waals surface area contributed by atoms with Crippen LogP contribution in [-0.2, 0) is 17.9 Å². The summed E-state index contributed by atoms with van der Waals surface area (Å²) in [6.07, 6.45) is 1.68. The summed E-state index contributed by atoms with van der Waals surface area (Å²) in [7, 11) is 1.56. The molecule has 2 amide bonds. The highest BCUT2D eigenvalue weighted by atomic mass is 127. The molecule has 5 nitrogen and oxygen atoms in total. The van der Waals surface area contributed by atoms with Crippen LogP contribution >= 0.6 is 61.9 Å². The van der Waals surface area contributed by atoms with Crippen LogP contribution in [0.2, 0.25) is 5.02 Å². The molecule has 0 N–H and O–H groups in total. The van der Waals surface area contributed by atoms with Crippen molar-refractivity contribution >= 4 is 79.1 Å². The van der Waals surface area contributed by atoms with Crippen LogP contribution < -0.4 is 9.47 Å². The Bertz CT molecular complexity index is 1270. The van der Waals surface area contributed by atoms with Crippen LogP contribution in [0, 0.1) is 3.57 Å². The maximum Gasteiger partial charge on any atom is 0.293 e. The fourth-order valence-electron chi connectivity index (χ4n) is 3.26. The lowest BCUT2D eigenvalue weighted by atomic mass is 10.1. The van der Waals surface area contributed by atoms with E-state index in [9.17, 15) is 9.59 Å². The fraction of sp³-hybridized carbons (Fsp3) is 0.120. The minimum Gasteiger partial charge on any atom is -0.493 e. The zero-order valence-corrected chi connectivity index (χ0v) is 23.2. The van der Waals surface area contributed by atoms with Crippen molar-refractivity contribution in [3.05, 3.63) is 95.3 Å². The van der Waals surface area contributed by atoms with Crippen molar-refractivity contribution in [3.8, 4) is 11.5 Å². The number of halogens is 3. The van der Waals surface area contributed by atoms with Crippen LogP contribution in [0.15, 0.2) is 70.0 Å². The Morgan fingerprint density at radius 2 is 1.74 bits per heavy atom. The smallest absolute Gasteiger partial charge is 0.293 e. The third-order valence-corrected chi connectivity index (χ3v) is 7.44. The number of nitrogens with zero attached hydrogens (tertiary/aromatic N) is 1. The molecule has 174 valence electrons. The van der Waals surface area contributed by atoms with E-state index in [-0.39, 0.29) is 17.7 Å². The van der Waals surface area contributed by atoms with Crippen molar-refractivity contribution in [2.45, 2.75) is 13.2 Å². The summed E-state index contributed by atoms with van der Waals surface area (Å²) in [5.41, 5.74) is 2.57. The number of hydrogen-bond donors (Lipinski definition) is 0. The number of amides is 2. The Morgan fingerprint density at radius 1 is 1.06 bits per heavy atom. The number of hydrogen-bond acceptors (Lipinski definition) is 5. The molecule has 1 fully saturated rings. The molecule has 0 spiro atoms. The van der Waals surface area contributed by atoms with Gasteiger partial charge in [0.25, 0.3) is 11.1 Å². The predicted octanol–water partition coefficient (Wildman–Crippen LogP) is 7.53. The number of methoxy groups -OCH3 is 1. The largest absolute Gasteiger partial charge is 0.493 e. The minimum atomic E-state index is -0.334. The first-order chi connectivity index (χ1) is 16.3. The molecule has 1 aliphatic heterocycles. The maximum atomic E-state index is 12.9. The highest BCUT2D eigenvalue weighted by Crippen LogP contribution is 2.39. The highest BCUT2D eigenvalue weighted by molar-refractivity contribution is 14.1. The molecule has 0 aromatic heterocycles. The standard InChI is InChI=1S/C25H18BrClINO4S/c1-32-21-11-17(10-20(26)23(21)33-14-16-4-8-19(28)9-5-16)12-22-24(30)29(25(31)34-22)13-15-2-6-18(27)7-3-15/h2-12H,13-14H2,1H3/b22-12+. The van der Waals surface area contributed by atoms with Gasteiger partial charge in [-0.05, 0) is 109 Å². The first-order valence-corrected chi connectivity index (χ1v) is 13.2. The lowest BCUT2D eigenvalue weighted by Crippen LogP contribution is -2.27. The fourth-order valence-corrected chi connectivity index (χ4v) is 5.16. The summed E-state index contributed by atoms with van der Waals surface area (Å²) in [6, 6.07) is 18.7. The van der Waals surface area contributed by atoms with Gasteiger partial charge in [-0.15, -0.1) is 0 Å². The Hall–Kier alpha value is -2.01. The second kappa shape index (κ2) is 11.2. The zero-order chi connectivity index (χ0) is 24.2. The van der Waals surface area contributed by atoms with Crippen LogP contribution in [0.5, 0.6) is 11.5 Å². The molecule has 1 aliphatic rings. The first kappa shape index (κ1) is 25.1. The van der Waals surface area contributed by atoms with E-state index >= 15 is 0 Å². The second-order valence-electron chi connectivity index (χ2n) is 7.34. The average Bonchev–Trinajstić information content (AvgIpc) is 3.07. The number of rotatable bonds is 7. The second-order valence-corrected chi connectivity index (χ2v) is 10.9. The van der Waals surface area contributed by atoms with Crippen molar-refractivity contribution in [1.29, 1.82) is 0 Å². The van der Waals surface area contributed by atoms with E-state index < -0.39 is 0 Å². The van der Waals surface area contributed by atoms with Gasteiger partial charge in [-0.25, -0.2) is 0 Å². The third kappa shape index (κ3) is 5.97. The van der Waals surface area contributed by atoms with Crippen molar-refractivity contribution in [1.82, 2.24) is 4.90 Å². The molecule has 3 aromatic carbocycles. The summed E-state index contributed by atoms with van der Waals surface area (Å²) in [5.74, 6) is 0.750. The molecule has 1 heterocycles. The van der Waals surface area contributed by atoms with E-state index in [2.05, 4.69) is 38.5 Å². The van der Waals surface area contributed by atoms with Crippen LogP contribution in [-0.4, -0.2) is 23.2 Å². The van der Waals surface area contributed by atoms with Crippen molar-refractivity contribution < 1.29 is 19.1 Å². The molecule has 0 aliphatic carbocycles. The number of thioether (sulfide) groups is 1. The molecule has 0 saturated carbocycles.